The van der Waals surface area contributed by atoms with Crippen LogP contribution in [0.2, 0.25) is 0 Å². The molecule has 0 saturated heterocycles. The molecule has 0 bridgehead atoms. The minimum Gasteiger partial charge on any atom is -0.465 e. The van der Waals surface area contributed by atoms with E-state index in [1.54, 1.807) is 23.5 Å². The van der Waals surface area contributed by atoms with Crippen LogP contribution in [0, 0.1) is 11.3 Å². The molecule has 1 aromatic heterocycles. The molecule has 2 heterocycles. The highest BCUT2D eigenvalue weighted by atomic mass is 32.1. The van der Waals surface area contributed by atoms with Crippen molar-refractivity contribution in [3.05, 3.63) is 51.4 Å². The van der Waals surface area contributed by atoms with Crippen LogP contribution in [0.25, 0.3) is 0 Å². The lowest BCUT2D eigenvalue weighted by molar-refractivity contribution is 0.0600. The summed E-state index contributed by atoms with van der Waals surface area (Å²) >= 11 is 1.73. The number of fused-ring (bicyclic) bond motifs is 3. The Morgan fingerprint density at radius 2 is 1.89 bits per heavy atom. The van der Waals surface area contributed by atoms with E-state index in [1.807, 2.05) is 12.1 Å². The fourth-order valence-electron chi connectivity index (χ4n) is 4.13. The van der Waals surface area contributed by atoms with Crippen LogP contribution >= 0.6 is 11.3 Å². The molecule has 148 valence electrons. The summed E-state index contributed by atoms with van der Waals surface area (Å²) in [6, 6.07) is 7.13. The Labute approximate surface area is 169 Å². The highest BCUT2D eigenvalue weighted by Gasteiger charge is 2.36. The molecule has 0 spiro atoms. The Hall–Kier alpha value is -2.34. The van der Waals surface area contributed by atoms with Gasteiger partial charge in [-0.25, -0.2) is 4.79 Å². The average Bonchev–Trinajstić information content (AvgIpc) is 3.04. The van der Waals surface area contributed by atoms with Gasteiger partial charge >= 0.3 is 5.97 Å². The fraction of sp³-hybridized carbons (Fsp3) is 0.455. The summed E-state index contributed by atoms with van der Waals surface area (Å²) in [4.78, 5) is 25.9. The van der Waals surface area contributed by atoms with Gasteiger partial charge in [0.05, 0.1) is 18.2 Å². The Morgan fingerprint density at radius 1 is 1.18 bits per heavy atom. The Kier molecular flexibility index (Phi) is 4.70. The molecular weight excluding hydrogens is 372 g/mol. The molecule has 0 fully saturated rings. The maximum absolute atomic E-state index is 12.9. The number of ether oxygens (including phenoxy) is 1. The average molecular weight is 399 g/mol. The third-order valence-electron chi connectivity index (χ3n) is 5.93. The number of benzene rings is 1. The van der Waals surface area contributed by atoms with Crippen LogP contribution in [0.3, 0.4) is 0 Å². The van der Waals surface area contributed by atoms with Crippen molar-refractivity contribution in [1.82, 2.24) is 5.32 Å². The van der Waals surface area contributed by atoms with Crippen molar-refractivity contribution in [2.45, 2.75) is 46.2 Å². The topological polar surface area (TPSA) is 67.4 Å². The van der Waals surface area contributed by atoms with Crippen LogP contribution in [0.15, 0.2) is 24.3 Å². The first-order valence-electron chi connectivity index (χ1n) is 9.68. The number of amides is 1. The van der Waals surface area contributed by atoms with Gasteiger partial charge in [-0.2, -0.15) is 0 Å². The summed E-state index contributed by atoms with van der Waals surface area (Å²) in [5, 5.41) is 7.52. The van der Waals surface area contributed by atoms with Gasteiger partial charge in [0.25, 0.3) is 5.91 Å². The molecule has 1 aromatic carbocycles. The molecule has 6 heteroatoms. The van der Waals surface area contributed by atoms with Gasteiger partial charge in [0.15, 0.2) is 0 Å². The normalized spacial score (nSPS) is 21.2. The van der Waals surface area contributed by atoms with Crippen LogP contribution in [-0.2, 0) is 17.6 Å². The molecule has 4 rings (SSSR count). The smallest absolute Gasteiger partial charge is 0.337 e. The van der Waals surface area contributed by atoms with Crippen LogP contribution in [-0.4, -0.2) is 19.0 Å². The lowest BCUT2D eigenvalue weighted by Crippen LogP contribution is -2.38. The molecule has 2 atom stereocenters. The minimum atomic E-state index is -0.367. The first kappa shape index (κ1) is 19.0. The van der Waals surface area contributed by atoms with Crippen molar-refractivity contribution in [2.75, 3.05) is 12.4 Å². The van der Waals surface area contributed by atoms with Crippen molar-refractivity contribution in [1.29, 1.82) is 0 Å². The number of rotatable bonds is 2. The van der Waals surface area contributed by atoms with E-state index in [4.69, 9.17) is 4.74 Å². The number of carbonyl (C=O) groups excluding carboxylic acids is 2. The number of esters is 1. The lowest BCUT2D eigenvalue weighted by atomic mass is 9.72. The van der Waals surface area contributed by atoms with Crippen molar-refractivity contribution in [2.24, 2.45) is 11.3 Å². The summed E-state index contributed by atoms with van der Waals surface area (Å²) in [6.07, 6.45) is 2.84. The van der Waals surface area contributed by atoms with Crippen LogP contribution in [0.1, 0.15) is 70.1 Å². The highest BCUT2D eigenvalue weighted by Crippen LogP contribution is 2.45. The lowest BCUT2D eigenvalue weighted by Gasteiger charge is -2.34. The van der Waals surface area contributed by atoms with Gasteiger partial charge in [-0.3, -0.25) is 4.79 Å². The Morgan fingerprint density at radius 3 is 2.54 bits per heavy atom. The van der Waals surface area contributed by atoms with Crippen molar-refractivity contribution >= 4 is 28.2 Å². The molecule has 1 aliphatic carbocycles. The number of carbonyl (C=O) groups is 2. The molecule has 28 heavy (non-hydrogen) atoms. The predicted molar refractivity (Wildman–Crippen MR) is 111 cm³/mol. The molecular formula is C22H26N2O3S. The van der Waals surface area contributed by atoms with E-state index < -0.39 is 0 Å². The summed E-state index contributed by atoms with van der Waals surface area (Å²) in [5.41, 5.74) is 3.74. The van der Waals surface area contributed by atoms with Crippen LogP contribution < -0.4 is 10.6 Å². The number of nitrogens with one attached hydrogen (secondary N) is 2. The second kappa shape index (κ2) is 6.92. The van der Waals surface area contributed by atoms with E-state index in [0.717, 1.165) is 35.4 Å². The SMILES string of the molecule is COC(=O)c1ccc(C2NC(=O)c3c(sc4c3CCC(C(C)(C)C)C4)N2)cc1. The molecule has 2 unspecified atom stereocenters. The van der Waals surface area contributed by atoms with E-state index in [2.05, 4.69) is 31.4 Å². The Bertz CT molecular complexity index is 924. The molecule has 1 aliphatic heterocycles. The van der Waals surface area contributed by atoms with E-state index in [9.17, 15) is 9.59 Å². The summed E-state index contributed by atoms with van der Waals surface area (Å²) in [5.74, 6) is 0.265. The molecule has 0 radical (unpaired) electrons. The number of hydrogen-bond acceptors (Lipinski definition) is 5. The first-order chi connectivity index (χ1) is 13.3. The van der Waals surface area contributed by atoms with Crippen LogP contribution in [0.4, 0.5) is 5.00 Å². The molecule has 1 amide bonds. The quantitative estimate of drug-likeness (QED) is 0.729. The largest absolute Gasteiger partial charge is 0.465 e. The highest BCUT2D eigenvalue weighted by molar-refractivity contribution is 7.16. The predicted octanol–water partition coefficient (Wildman–Crippen LogP) is 4.54. The number of methoxy groups -OCH3 is 1. The van der Waals surface area contributed by atoms with Crippen molar-refractivity contribution < 1.29 is 14.3 Å². The molecule has 2 aromatic rings. The van der Waals surface area contributed by atoms with Gasteiger partial charge < -0.3 is 15.4 Å². The minimum absolute atomic E-state index is 0.0116. The Balaban J connectivity index is 1.59. The number of anilines is 1. The number of hydrogen-bond donors (Lipinski definition) is 2. The zero-order valence-corrected chi connectivity index (χ0v) is 17.5. The second-order valence-corrected chi connectivity index (χ2v) is 9.78. The molecule has 5 nitrogen and oxygen atoms in total. The van der Waals surface area contributed by atoms with Gasteiger partial charge in [0, 0.05) is 4.88 Å². The molecule has 2 N–H and O–H groups in total. The van der Waals surface area contributed by atoms with Gasteiger partial charge in [-0.05, 0) is 53.9 Å². The van der Waals surface area contributed by atoms with E-state index in [-0.39, 0.29) is 23.5 Å². The van der Waals surface area contributed by atoms with Gasteiger partial charge in [-0.15, -0.1) is 11.3 Å². The van der Waals surface area contributed by atoms with E-state index in [0.29, 0.717) is 11.5 Å². The zero-order valence-electron chi connectivity index (χ0n) is 16.7. The summed E-state index contributed by atoms with van der Waals surface area (Å²) in [6.45, 7) is 6.90. The third-order valence-corrected chi connectivity index (χ3v) is 7.12. The maximum atomic E-state index is 12.9. The fourth-order valence-corrected chi connectivity index (χ4v) is 5.49. The van der Waals surface area contributed by atoms with E-state index >= 15 is 0 Å². The molecule has 0 saturated carbocycles. The van der Waals surface area contributed by atoms with Gasteiger partial charge in [0.1, 0.15) is 11.2 Å². The van der Waals surface area contributed by atoms with Crippen molar-refractivity contribution in [3.63, 3.8) is 0 Å². The van der Waals surface area contributed by atoms with Gasteiger partial charge in [0.2, 0.25) is 0 Å². The monoisotopic (exact) mass is 398 g/mol. The number of thiophene rings is 1. The third kappa shape index (κ3) is 3.30. The molecule has 2 aliphatic rings. The second-order valence-electron chi connectivity index (χ2n) is 8.68. The van der Waals surface area contributed by atoms with E-state index in [1.165, 1.54) is 17.6 Å². The maximum Gasteiger partial charge on any atom is 0.337 e. The standard InChI is InChI=1S/C22H26N2O3S/c1-22(2,3)14-9-10-15-16(11-14)28-20-17(15)19(25)23-18(24-20)12-5-7-13(8-6-12)21(26)27-4/h5-8,14,18,24H,9-11H2,1-4H3,(H,23,25). The zero-order chi connectivity index (χ0) is 20.1. The summed E-state index contributed by atoms with van der Waals surface area (Å²) < 4.78 is 4.74. The first-order valence-corrected chi connectivity index (χ1v) is 10.5. The van der Waals surface area contributed by atoms with Gasteiger partial charge in [-0.1, -0.05) is 32.9 Å². The van der Waals surface area contributed by atoms with Crippen molar-refractivity contribution in [3.8, 4) is 0 Å². The summed E-state index contributed by atoms with van der Waals surface area (Å²) in [7, 11) is 1.36. The van der Waals surface area contributed by atoms with Crippen LogP contribution in [0.5, 0.6) is 0 Å².